The summed E-state index contributed by atoms with van der Waals surface area (Å²) in [4.78, 5) is 2.92. The second-order valence-electron chi connectivity index (χ2n) is 9.59. The Morgan fingerprint density at radius 2 is 1.34 bits per heavy atom. The largest absolute Gasteiger partial charge is 0.743 e. The van der Waals surface area contributed by atoms with E-state index < -0.39 is 51.0 Å². The van der Waals surface area contributed by atoms with Gasteiger partial charge in [0.05, 0.1) is 37.1 Å². The van der Waals surface area contributed by atoms with E-state index in [0.717, 1.165) is 39.5 Å². The highest BCUT2D eigenvalue weighted by Gasteiger charge is 2.61. The molecule has 1 heterocycles. The third-order valence-electron chi connectivity index (χ3n) is 6.62. The topological polar surface area (TPSA) is 84.9 Å². The van der Waals surface area contributed by atoms with Crippen LogP contribution < -0.4 is 4.74 Å². The maximum Gasteiger partial charge on any atom is 0.396 e. The molecular formula is C29H30F4O6S2. The molecule has 0 radical (unpaired) electrons. The van der Waals surface area contributed by atoms with Crippen LogP contribution >= 0.6 is 0 Å². The average Bonchev–Trinajstić information content (AvgIpc) is 2.92. The molecule has 0 saturated carbocycles. The molecule has 222 valence electrons. The van der Waals surface area contributed by atoms with Crippen LogP contribution in [0.5, 0.6) is 5.75 Å². The van der Waals surface area contributed by atoms with Gasteiger partial charge in [-0.3, -0.25) is 0 Å². The van der Waals surface area contributed by atoms with Gasteiger partial charge < -0.3 is 18.8 Å². The van der Waals surface area contributed by atoms with E-state index in [1.54, 1.807) is 12.1 Å². The van der Waals surface area contributed by atoms with E-state index in [0.29, 0.717) is 13.2 Å². The van der Waals surface area contributed by atoms with Gasteiger partial charge in [-0.15, -0.1) is 0 Å². The minimum Gasteiger partial charge on any atom is -0.743 e. The van der Waals surface area contributed by atoms with Crippen molar-refractivity contribution in [2.75, 3.05) is 19.8 Å². The summed E-state index contributed by atoms with van der Waals surface area (Å²) in [6.07, 6.45) is 1.36. The Hall–Kier alpha value is -2.64. The summed E-state index contributed by atoms with van der Waals surface area (Å²) < 4.78 is 103. The van der Waals surface area contributed by atoms with Crippen molar-refractivity contribution >= 4 is 21.0 Å². The molecule has 1 fully saturated rings. The second-order valence-corrected chi connectivity index (χ2v) is 13.0. The number of ether oxygens (including phenoxy) is 3. The fourth-order valence-electron chi connectivity index (χ4n) is 4.28. The van der Waals surface area contributed by atoms with Crippen LogP contribution in [0.2, 0.25) is 0 Å². The standard InChI is InChI=1S/C29H30F4O6S2/c1-27(38-19-6-3-7-20-39-27)22-10-14-25(15-11-22)40(24-8-4-2-5-9-24)26-16-12-23(13-17-26)37-21-18-28(30,31)29(32,33)41(34,35)36/h2,4-5,8-17H,3,6-7,18-21H2,1H3. The van der Waals surface area contributed by atoms with Crippen molar-refractivity contribution in [2.45, 2.75) is 64.3 Å². The summed E-state index contributed by atoms with van der Waals surface area (Å²) in [5.41, 5.74) is 0.899. The molecule has 6 nitrogen and oxygen atoms in total. The van der Waals surface area contributed by atoms with Crippen molar-refractivity contribution < 1.29 is 44.7 Å². The van der Waals surface area contributed by atoms with Crippen LogP contribution in [0.3, 0.4) is 0 Å². The lowest BCUT2D eigenvalue weighted by molar-refractivity contribution is -0.241. The van der Waals surface area contributed by atoms with Gasteiger partial charge in [0.25, 0.3) is 0 Å². The van der Waals surface area contributed by atoms with Gasteiger partial charge in [-0.2, -0.15) is 17.6 Å². The second kappa shape index (κ2) is 12.7. The van der Waals surface area contributed by atoms with E-state index >= 15 is 0 Å². The molecule has 0 amide bonds. The van der Waals surface area contributed by atoms with Crippen molar-refractivity contribution in [3.63, 3.8) is 0 Å². The van der Waals surface area contributed by atoms with Crippen LogP contribution in [0.4, 0.5) is 17.6 Å². The Labute approximate surface area is 239 Å². The van der Waals surface area contributed by atoms with E-state index in [2.05, 4.69) is 0 Å². The Balaban J connectivity index is 1.52. The molecule has 1 atom stereocenters. The molecule has 4 rings (SSSR count). The SMILES string of the molecule is CC1(c2ccc([S+](c3ccccc3)c3ccc(OCCC(F)(F)C(F)(F)S(=O)(=O)[O-])cc3)cc2)OCCCCCO1. The van der Waals surface area contributed by atoms with Gasteiger partial charge in [0, 0.05) is 5.56 Å². The van der Waals surface area contributed by atoms with Gasteiger partial charge >= 0.3 is 11.2 Å². The summed E-state index contributed by atoms with van der Waals surface area (Å²) in [6.45, 7) is 2.21. The highest BCUT2D eigenvalue weighted by atomic mass is 32.2. The zero-order chi connectivity index (χ0) is 29.7. The molecule has 12 heteroatoms. The van der Waals surface area contributed by atoms with Crippen LogP contribution in [0.25, 0.3) is 0 Å². The van der Waals surface area contributed by atoms with Gasteiger partial charge in [-0.1, -0.05) is 18.2 Å². The van der Waals surface area contributed by atoms with Crippen LogP contribution in [0.1, 0.15) is 38.2 Å². The molecule has 3 aromatic rings. The lowest BCUT2D eigenvalue weighted by Crippen LogP contribution is -2.47. The third kappa shape index (κ3) is 7.23. The van der Waals surface area contributed by atoms with Crippen LogP contribution in [-0.4, -0.2) is 44.0 Å². The van der Waals surface area contributed by atoms with E-state index in [1.165, 1.54) is 12.1 Å². The van der Waals surface area contributed by atoms with E-state index in [4.69, 9.17) is 14.2 Å². The lowest BCUT2D eigenvalue weighted by Gasteiger charge is -2.32. The molecule has 1 aliphatic rings. The first-order valence-electron chi connectivity index (χ1n) is 13.0. The quantitative estimate of drug-likeness (QED) is 0.143. The number of alkyl halides is 4. The summed E-state index contributed by atoms with van der Waals surface area (Å²) in [5.74, 6) is -5.80. The minimum atomic E-state index is -6.54. The zero-order valence-corrected chi connectivity index (χ0v) is 23.9. The smallest absolute Gasteiger partial charge is 0.396 e. The third-order valence-corrected chi connectivity index (χ3v) is 9.78. The fraction of sp³-hybridized carbons (Fsp3) is 0.379. The Morgan fingerprint density at radius 3 is 1.88 bits per heavy atom. The first kappa shape index (κ1) is 31.3. The maximum absolute atomic E-state index is 13.7. The molecule has 0 spiro atoms. The molecule has 3 aromatic carbocycles. The molecular weight excluding hydrogens is 584 g/mol. The van der Waals surface area contributed by atoms with Gasteiger partial charge in [-0.05, 0) is 86.8 Å². The van der Waals surface area contributed by atoms with Gasteiger partial charge in [0.1, 0.15) is 5.75 Å². The first-order chi connectivity index (χ1) is 19.3. The van der Waals surface area contributed by atoms with Gasteiger partial charge in [0.2, 0.25) is 0 Å². The fourth-order valence-corrected chi connectivity index (χ4v) is 6.81. The normalized spacial score (nSPS) is 17.3. The number of hydrogen-bond acceptors (Lipinski definition) is 6. The summed E-state index contributed by atoms with van der Waals surface area (Å²) >= 11 is 0. The van der Waals surface area contributed by atoms with Crippen molar-refractivity contribution in [1.29, 1.82) is 0 Å². The van der Waals surface area contributed by atoms with Gasteiger partial charge in [0.15, 0.2) is 30.6 Å². The number of hydrogen-bond donors (Lipinski definition) is 0. The highest BCUT2D eigenvalue weighted by Crippen LogP contribution is 2.41. The zero-order valence-electron chi connectivity index (χ0n) is 22.2. The average molecular weight is 615 g/mol. The van der Waals surface area contributed by atoms with E-state index in [1.807, 2.05) is 61.5 Å². The summed E-state index contributed by atoms with van der Waals surface area (Å²) in [7, 11) is -7.10. The van der Waals surface area contributed by atoms with Crippen molar-refractivity contribution in [3.05, 3.63) is 84.4 Å². The summed E-state index contributed by atoms with van der Waals surface area (Å²) in [6, 6.07) is 24.3. The van der Waals surface area contributed by atoms with Crippen molar-refractivity contribution in [1.82, 2.24) is 0 Å². The molecule has 0 aliphatic carbocycles. The Kier molecular flexibility index (Phi) is 9.70. The predicted molar refractivity (Wildman–Crippen MR) is 144 cm³/mol. The van der Waals surface area contributed by atoms with E-state index in [9.17, 15) is 30.5 Å². The number of rotatable bonds is 10. The number of benzene rings is 3. The van der Waals surface area contributed by atoms with Crippen molar-refractivity contribution in [3.8, 4) is 5.75 Å². The molecule has 0 N–H and O–H groups in total. The first-order valence-corrected chi connectivity index (χ1v) is 15.6. The van der Waals surface area contributed by atoms with Gasteiger partial charge in [-0.25, -0.2) is 8.42 Å². The van der Waals surface area contributed by atoms with E-state index in [-0.39, 0.29) is 5.75 Å². The van der Waals surface area contributed by atoms with Crippen LogP contribution in [0, 0.1) is 0 Å². The molecule has 1 saturated heterocycles. The lowest BCUT2D eigenvalue weighted by atomic mass is 10.1. The molecule has 1 unspecified atom stereocenters. The highest BCUT2D eigenvalue weighted by molar-refractivity contribution is 7.97. The maximum atomic E-state index is 13.7. The van der Waals surface area contributed by atoms with Crippen LogP contribution in [0.15, 0.2) is 93.5 Å². The summed E-state index contributed by atoms with van der Waals surface area (Å²) in [5, 5.41) is -5.74. The van der Waals surface area contributed by atoms with Crippen LogP contribution in [-0.2, 0) is 36.3 Å². The molecule has 1 aliphatic heterocycles. The predicted octanol–water partition coefficient (Wildman–Crippen LogP) is 6.71. The minimum absolute atomic E-state index is 0.122. The molecule has 0 bridgehead atoms. The number of halogens is 4. The molecule has 0 aromatic heterocycles. The Morgan fingerprint density at radius 1 is 0.829 bits per heavy atom. The molecule has 41 heavy (non-hydrogen) atoms. The Bertz CT molecular complexity index is 1380. The van der Waals surface area contributed by atoms with Crippen molar-refractivity contribution in [2.24, 2.45) is 0 Å². The monoisotopic (exact) mass is 614 g/mol.